The molecule has 0 aliphatic rings. The normalized spacial score (nSPS) is 10.9. The Balaban J connectivity index is 2.03. The van der Waals surface area contributed by atoms with Crippen molar-refractivity contribution in [3.8, 4) is 17.2 Å². The molecule has 0 saturated carbocycles. The Kier molecular flexibility index (Phi) is 4.71. The number of para-hydroxylation sites is 2. The second kappa shape index (κ2) is 6.52. The first-order valence-corrected chi connectivity index (χ1v) is 7.03. The summed E-state index contributed by atoms with van der Waals surface area (Å²) in [7, 11) is 1.51. The van der Waals surface area contributed by atoms with E-state index in [4.69, 9.17) is 14.2 Å². The van der Waals surface area contributed by atoms with Crippen LogP contribution in [0.25, 0.3) is 0 Å². The van der Waals surface area contributed by atoms with E-state index in [9.17, 15) is 4.79 Å². The minimum absolute atomic E-state index is 0.0520. The van der Waals surface area contributed by atoms with Crippen LogP contribution in [0.4, 0.5) is 4.79 Å². The Bertz CT molecular complexity index is 639. The molecule has 0 N–H and O–H groups in total. The van der Waals surface area contributed by atoms with Crippen molar-refractivity contribution in [1.82, 2.24) is 0 Å². The van der Waals surface area contributed by atoms with E-state index >= 15 is 0 Å². The third-order valence-electron chi connectivity index (χ3n) is 3.18. The third kappa shape index (κ3) is 4.01. The van der Waals surface area contributed by atoms with E-state index in [1.807, 2.05) is 12.1 Å². The quantitative estimate of drug-likeness (QED) is 0.615. The monoisotopic (exact) mass is 300 g/mol. The standard InChI is InChI=1S/C18H20O4/c1-18(2,3)13-9-11-14(12-10-13)21-17(19)22-16-8-6-5-7-15(16)20-4/h5-12H,1-4H3. The van der Waals surface area contributed by atoms with E-state index in [0.717, 1.165) is 5.56 Å². The Labute approximate surface area is 130 Å². The van der Waals surface area contributed by atoms with Crippen molar-refractivity contribution in [2.75, 3.05) is 7.11 Å². The lowest BCUT2D eigenvalue weighted by atomic mass is 9.87. The van der Waals surface area contributed by atoms with Crippen molar-refractivity contribution >= 4 is 6.16 Å². The first-order valence-electron chi connectivity index (χ1n) is 7.03. The molecule has 0 aliphatic heterocycles. The zero-order valence-electron chi connectivity index (χ0n) is 13.3. The molecular formula is C18H20O4. The van der Waals surface area contributed by atoms with Gasteiger partial charge in [-0.1, -0.05) is 45.0 Å². The second-order valence-corrected chi connectivity index (χ2v) is 5.88. The summed E-state index contributed by atoms with van der Waals surface area (Å²) in [6.07, 6.45) is -0.798. The van der Waals surface area contributed by atoms with Crippen LogP contribution in [0.5, 0.6) is 17.2 Å². The summed E-state index contributed by atoms with van der Waals surface area (Å²) in [5.41, 5.74) is 1.22. The van der Waals surface area contributed by atoms with Crippen molar-refractivity contribution in [3.63, 3.8) is 0 Å². The molecule has 4 nitrogen and oxygen atoms in total. The van der Waals surface area contributed by atoms with Gasteiger partial charge < -0.3 is 14.2 Å². The summed E-state index contributed by atoms with van der Waals surface area (Å²) in [4.78, 5) is 11.8. The van der Waals surface area contributed by atoms with Gasteiger partial charge in [-0.15, -0.1) is 0 Å². The highest BCUT2D eigenvalue weighted by Gasteiger charge is 2.15. The fourth-order valence-corrected chi connectivity index (χ4v) is 1.93. The molecule has 0 fully saturated rings. The van der Waals surface area contributed by atoms with Gasteiger partial charge in [-0.3, -0.25) is 0 Å². The van der Waals surface area contributed by atoms with Crippen molar-refractivity contribution < 1.29 is 19.0 Å². The average molecular weight is 300 g/mol. The molecule has 4 heteroatoms. The van der Waals surface area contributed by atoms with Crippen molar-refractivity contribution in [2.45, 2.75) is 26.2 Å². The molecule has 0 aliphatic carbocycles. The lowest BCUT2D eigenvalue weighted by Crippen LogP contribution is -2.15. The molecule has 2 rings (SSSR count). The molecule has 116 valence electrons. The first kappa shape index (κ1) is 15.9. The maximum atomic E-state index is 11.8. The number of carbonyl (C=O) groups excluding carboxylic acids is 1. The smallest absolute Gasteiger partial charge is 0.493 e. The van der Waals surface area contributed by atoms with E-state index in [1.165, 1.54) is 7.11 Å². The third-order valence-corrected chi connectivity index (χ3v) is 3.18. The minimum Gasteiger partial charge on any atom is -0.493 e. The largest absolute Gasteiger partial charge is 0.519 e. The molecule has 2 aromatic rings. The highest BCUT2D eigenvalue weighted by Crippen LogP contribution is 2.27. The number of methoxy groups -OCH3 is 1. The molecule has 0 spiro atoms. The Hall–Kier alpha value is -2.49. The lowest BCUT2D eigenvalue weighted by Gasteiger charge is -2.18. The van der Waals surface area contributed by atoms with Gasteiger partial charge in [0.05, 0.1) is 7.11 Å². The van der Waals surface area contributed by atoms with Crippen molar-refractivity contribution in [3.05, 3.63) is 54.1 Å². The Morgan fingerprint density at radius 2 is 1.45 bits per heavy atom. The number of benzene rings is 2. The van der Waals surface area contributed by atoms with Crippen LogP contribution >= 0.6 is 0 Å². The van der Waals surface area contributed by atoms with Crippen LogP contribution in [0.3, 0.4) is 0 Å². The second-order valence-electron chi connectivity index (χ2n) is 5.88. The topological polar surface area (TPSA) is 44.8 Å². The number of carbonyl (C=O) groups is 1. The number of rotatable bonds is 3. The van der Waals surface area contributed by atoms with Gasteiger partial charge in [0.1, 0.15) is 5.75 Å². The molecule has 0 amide bonds. The Morgan fingerprint density at radius 3 is 2.00 bits per heavy atom. The Morgan fingerprint density at radius 1 is 0.864 bits per heavy atom. The maximum Gasteiger partial charge on any atom is 0.519 e. The van der Waals surface area contributed by atoms with Gasteiger partial charge in [0.25, 0.3) is 0 Å². The number of ether oxygens (including phenoxy) is 3. The summed E-state index contributed by atoms with van der Waals surface area (Å²) in [6, 6.07) is 14.3. The van der Waals surface area contributed by atoms with Gasteiger partial charge in [0, 0.05) is 0 Å². The van der Waals surface area contributed by atoms with Crippen LogP contribution in [0.15, 0.2) is 48.5 Å². The van der Waals surface area contributed by atoms with Crippen molar-refractivity contribution in [1.29, 1.82) is 0 Å². The molecule has 0 aromatic heterocycles. The minimum atomic E-state index is -0.798. The van der Waals surface area contributed by atoms with Gasteiger partial charge in [0.15, 0.2) is 11.5 Å². The molecular weight excluding hydrogens is 280 g/mol. The van der Waals surface area contributed by atoms with Crippen LogP contribution in [0.2, 0.25) is 0 Å². The lowest BCUT2D eigenvalue weighted by molar-refractivity contribution is 0.150. The summed E-state index contributed by atoms with van der Waals surface area (Å²) < 4.78 is 15.4. The highest BCUT2D eigenvalue weighted by atomic mass is 16.7. The van der Waals surface area contributed by atoms with E-state index in [1.54, 1.807) is 36.4 Å². The van der Waals surface area contributed by atoms with Crippen LogP contribution in [0, 0.1) is 0 Å². The maximum absolute atomic E-state index is 11.8. The highest BCUT2D eigenvalue weighted by molar-refractivity contribution is 5.68. The first-order chi connectivity index (χ1) is 10.4. The van der Waals surface area contributed by atoms with Gasteiger partial charge in [-0.2, -0.15) is 0 Å². The molecule has 0 radical (unpaired) electrons. The molecule has 2 aromatic carbocycles. The summed E-state index contributed by atoms with van der Waals surface area (Å²) in [5, 5.41) is 0. The van der Waals surface area contributed by atoms with E-state index in [0.29, 0.717) is 17.2 Å². The van der Waals surface area contributed by atoms with Crippen LogP contribution in [0.1, 0.15) is 26.3 Å². The van der Waals surface area contributed by atoms with Gasteiger partial charge in [-0.05, 0) is 35.2 Å². The zero-order chi connectivity index (χ0) is 16.2. The van der Waals surface area contributed by atoms with E-state index in [2.05, 4.69) is 20.8 Å². The van der Waals surface area contributed by atoms with Crippen LogP contribution < -0.4 is 14.2 Å². The zero-order valence-corrected chi connectivity index (χ0v) is 13.3. The summed E-state index contributed by atoms with van der Waals surface area (Å²) in [5.74, 6) is 1.23. The van der Waals surface area contributed by atoms with E-state index < -0.39 is 6.16 Å². The predicted molar refractivity (Wildman–Crippen MR) is 84.8 cm³/mol. The predicted octanol–water partition coefficient (Wildman–Crippen LogP) is 4.57. The molecule has 0 atom stereocenters. The molecule has 0 bridgehead atoms. The average Bonchev–Trinajstić information content (AvgIpc) is 2.47. The fourth-order valence-electron chi connectivity index (χ4n) is 1.93. The fraction of sp³-hybridized carbons (Fsp3) is 0.278. The van der Waals surface area contributed by atoms with Gasteiger partial charge >= 0.3 is 6.16 Å². The molecule has 0 unspecified atom stereocenters. The van der Waals surface area contributed by atoms with Crippen LogP contribution in [-0.2, 0) is 5.41 Å². The van der Waals surface area contributed by atoms with E-state index in [-0.39, 0.29) is 5.41 Å². The van der Waals surface area contributed by atoms with Gasteiger partial charge in [0.2, 0.25) is 0 Å². The van der Waals surface area contributed by atoms with Crippen molar-refractivity contribution in [2.24, 2.45) is 0 Å². The molecule has 0 heterocycles. The van der Waals surface area contributed by atoms with Gasteiger partial charge in [-0.25, -0.2) is 4.79 Å². The molecule has 22 heavy (non-hydrogen) atoms. The summed E-state index contributed by atoms with van der Waals surface area (Å²) in [6.45, 7) is 6.37. The SMILES string of the molecule is COc1ccccc1OC(=O)Oc1ccc(C(C)(C)C)cc1. The van der Waals surface area contributed by atoms with Crippen LogP contribution in [-0.4, -0.2) is 13.3 Å². The number of hydrogen-bond acceptors (Lipinski definition) is 4. The summed E-state index contributed by atoms with van der Waals surface area (Å²) >= 11 is 0. The molecule has 0 saturated heterocycles. The number of hydrogen-bond donors (Lipinski definition) is 0.